The molecule has 14 heavy (non-hydrogen) atoms. The van der Waals surface area contributed by atoms with E-state index in [0.717, 1.165) is 5.69 Å². The Hall–Kier alpha value is -1.56. The number of anilines is 1. The molecule has 0 atom stereocenters. The van der Waals surface area contributed by atoms with Crippen LogP contribution in [0.4, 0.5) is 5.69 Å². The van der Waals surface area contributed by atoms with Gasteiger partial charge in [-0.05, 0) is 31.4 Å². The van der Waals surface area contributed by atoms with Crippen LogP contribution in [0.15, 0.2) is 18.3 Å². The quantitative estimate of drug-likeness (QED) is 0.710. The van der Waals surface area contributed by atoms with Crippen molar-refractivity contribution in [2.45, 2.75) is 25.3 Å². The van der Waals surface area contributed by atoms with Gasteiger partial charge in [0.1, 0.15) is 11.8 Å². The van der Waals surface area contributed by atoms with Crippen LogP contribution in [0.25, 0.3) is 0 Å². The number of nitrogens with zero attached hydrogens (tertiary/aromatic N) is 3. The lowest BCUT2D eigenvalue weighted by molar-refractivity contribution is 0.401. The van der Waals surface area contributed by atoms with Gasteiger partial charge in [-0.2, -0.15) is 5.26 Å². The average molecular weight is 187 g/mol. The Bertz CT molecular complexity index is 346. The number of hydrogen-bond acceptors (Lipinski definition) is 3. The van der Waals surface area contributed by atoms with Crippen molar-refractivity contribution in [3.63, 3.8) is 0 Å². The van der Waals surface area contributed by atoms with E-state index in [1.807, 2.05) is 12.1 Å². The molecule has 1 heterocycles. The molecule has 0 N–H and O–H groups in total. The summed E-state index contributed by atoms with van der Waals surface area (Å²) in [5, 5.41) is 8.61. The molecule has 0 radical (unpaired) electrons. The lowest BCUT2D eigenvalue weighted by atomic mass is 9.91. The molecule has 0 amide bonds. The smallest absolute Gasteiger partial charge is 0.140 e. The summed E-state index contributed by atoms with van der Waals surface area (Å²) in [6.45, 7) is 0. The van der Waals surface area contributed by atoms with Gasteiger partial charge in [0.25, 0.3) is 0 Å². The summed E-state index contributed by atoms with van der Waals surface area (Å²) >= 11 is 0. The van der Waals surface area contributed by atoms with Gasteiger partial charge in [0.15, 0.2) is 0 Å². The Kier molecular flexibility index (Phi) is 2.36. The second kappa shape index (κ2) is 3.67. The Morgan fingerprint density at radius 2 is 2.29 bits per heavy atom. The zero-order valence-corrected chi connectivity index (χ0v) is 8.27. The Morgan fingerprint density at radius 1 is 1.50 bits per heavy atom. The SMILES string of the molecule is CN(c1ccc(C#N)nc1)C1CCC1. The summed E-state index contributed by atoms with van der Waals surface area (Å²) in [6.07, 6.45) is 5.66. The molecule has 1 fully saturated rings. The summed E-state index contributed by atoms with van der Waals surface area (Å²) in [6, 6.07) is 6.42. The average Bonchev–Trinajstić information content (AvgIpc) is 2.15. The first-order valence-corrected chi connectivity index (χ1v) is 4.90. The molecular weight excluding hydrogens is 174 g/mol. The number of pyridine rings is 1. The van der Waals surface area contributed by atoms with Crippen LogP contribution in [0.3, 0.4) is 0 Å². The molecule has 3 heteroatoms. The van der Waals surface area contributed by atoms with Gasteiger partial charge in [-0.1, -0.05) is 0 Å². The molecule has 3 nitrogen and oxygen atoms in total. The van der Waals surface area contributed by atoms with Gasteiger partial charge in [0.2, 0.25) is 0 Å². The summed E-state index contributed by atoms with van der Waals surface area (Å²) in [7, 11) is 2.09. The second-order valence-electron chi connectivity index (χ2n) is 3.71. The van der Waals surface area contributed by atoms with E-state index in [2.05, 4.69) is 16.9 Å². The molecule has 0 unspecified atom stereocenters. The van der Waals surface area contributed by atoms with Crippen LogP contribution in [0.1, 0.15) is 25.0 Å². The highest BCUT2D eigenvalue weighted by Crippen LogP contribution is 2.27. The first-order valence-electron chi connectivity index (χ1n) is 4.90. The van der Waals surface area contributed by atoms with E-state index < -0.39 is 0 Å². The molecule has 1 aliphatic rings. The standard InChI is InChI=1S/C11H13N3/c1-14(10-3-2-4-10)11-6-5-9(7-12)13-8-11/h5-6,8,10H,2-4H2,1H3. The first kappa shape index (κ1) is 9.01. The molecule has 0 aliphatic heterocycles. The Labute approximate surface area is 84.0 Å². The molecule has 1 saturated carbocycles. The van der Waals surface area contributed by atoms with E-state index >= 15 is 0 Å². The zero-order valence-electron chi connectivity index (χ0n) is 8.27. The predicted molar refractivity (Wildman–Crippen MR) is 55.0 cm³/mol. The fourth-order valence-electron chi connectivity index (χ4n) is 1.65. The van der Waals surface area contributed by atoms with Crippen molar-refractivity contribution < 1.29 is 0 Å². The van der Waals surface area contributed by atoms with Gasteiger partial charge in [-0.15, -0.1) is 0 Å². The van der Waals surface area contributed by atoms with Crippen LogP contribution in [-0.2, 0) is 0 Å². The maximum Gasteiger partial charge on any atom is 0.140 e. The van der Waals surface area contributed by atoms with Crippen LogP contribution in [-0.4, -0.2) is 18.1 Å². The largest absolute Gasteiger partial charge is 0.370 e. The summed E-state index contributed by atoms with van der Waals surface area (Å²) in [5.74, 6) is 0. The summed E-state index contributed by atoms with van der Waals surface area (Å²) < 4.78 is 0. The van der Waals surface area contributed by atoms with Gasteiger partial charge in [-0.3, -0.25) is 0 Å². The van der Waals surface area contributed by atoms with E-state index in [1.165, 1.54) is 19.3 Å². The van der Waals surface area contributed by atoms with Crippen LogP contribution in [0.2, 0.25) is 0 Å². The zero-order chi connectivity index (χ0) is 9.97. The lowest BCUT2D eigenvalue weighted by Crippen LogP contribution is -2.37. The molecule has 1 aromatic rings. The minimum Gasteiger partial charge on any atom is -0.370 e. The number of aromatic nitrogens is 1. The molecule has 0 spiro atoms. The fraction of sp³-hybridized carbons (Fsp3) is 0.455. The van der Waals surface area contributed by atoms with Crippen molar-refractivity contribution in [2.75, 3.05) is 11.9 Å². The monoisotopic (exact) mass is 187 g/mol. The highest BCUT2D eigenvalue weighted by atomic mass is 15.1. The third-order valence-electron chi connectivity index (χ3n) is 2.89. The van der Waals surface area contributed by atoms with Crippen LogP contribution in [0, 0.1) is 11.3 Å². The van der Waals surface area contributed by atoms with Gasteiger partial charge < -0.3 is 4.90 Å². The summed E-state index contributed by atoms with van der Waals surface area (Å²) in [4.78, 5) is 6.30. The Morgan fingerprint density at radius 3 is 2.71 bits per heavy atom. The topological polar surface area (TPSA) is 39.9 Å². The van der Waals surface area contributed by atoms with Crippen LogP contribution >= 0.6 is 0 Å². The molecule has 2 rings (SSSR count). The van der Waals surface area contributed by atoms with Crippen LogP contribution < -0.4 is 4.90 Å². The van der Waals surface area contributed by atoms with Gasteiger partial charge in [0.05, 0.1) is 11.9 Å². The van der Waals surface area contributed by atoms with Crippen molar-refractivity contribution >= 4 is 5.69 Å². The van der Waals surface area contributed by atoms with E-state index in [-0.39, 0.29) is 0 Å². The molecular formula is C11H13N3. The third-order valence-corrected chi connectivity index (χ3v) is 2.89. The number of nitriles is 1. The van der Waals surface area contributed by atoms with Gasteiger partial charge >= 0.3 is 0 Å². The molecule has 1 aromatic heterocycles. The molecule has 72 valence electrons. The maximum atomic E-state index is 8.61. The lowest BCUT2D eigenvalue weighted by Gasteiger charge is -2.36. The fourth-order valence-corrected chi connectivity index (χ4v) is 1.65. The minimum absolute atomic E-state index is 0.482. The van der Waals surface area contributed by atoms with Crippen molar-refractivity contribution in [3.8, 4) is 6.07 Å². The normalized spacial score (nSPS) is 15.7. The highest BCUT2D eigenvalue weighted by molar-refractivity contribution is 5.46. The van der Waals surface area contributed by atoms with Crippen molar-refractivity contribution in [2.24, 2.45) is 0 Å². The summed E-state index contributed by atoms with van der Waals surface area (Å²) in [5.41, 5.74) is 1.59. The van der Waals surface area contributed by atoms with Gasteiger partial charge in [-0.25, -0.2) is 4.98 Å². The minimum atomic E-state index is 0.482. The van der Waals surface area contributed by atoms with Crippen molar-refractivity contribution in [1.82, 2.24) is 4.98 Å². The predicted octanol–water partition coefficient (Wildman–Crippen LogP) is 1.94. The Balaban J connectivity index is 2.12. The van der Waals surface area contributed by atoms with E-state index in [9.17, 15) is 0 Å². The highest BCUT2D eigenvalue weighted by Gasteiger charge is 2.22. The van der Waals surface area contributed by atoms with Crippen molar-refractivity contribution in [3.05, 3.63) is 24.0 Å². The first-order chi connectivity index (χ1) is 6.81. The van der Waals surface area contributed by atoms with Gasteiger partial charge in [0, 0.05) is 13.1 Å². The van der Waals surface area contributed by atoms with E-state index in [1.54, 1.807) is 12.3 Å². The van der Waals surface area contributed by atoms with Crippen molar-refractivity contribution in [1.29, 1.82) is 5.26 Å². The second-order valence-corrected chi connectivity index (χ2v) is 3.71. The third kappa shape index (κ3) is 1.56. The molecule has 0 saturated heterocycles. The molecule has 0 aromatic carbocycles. The molecule has 0 bridgehead atoms. The van der Waals surface area contributed by atoms with Crippen LogP contribution in [0.5, 0.6) is 0 Å². The molecule has 1 aliphatic carbocycles. The number of hydrogen-bond donors (Lipinski definition) is 0. The maximum absolute atomic E-state index is 8.61. The van der Waals surface area contributed by atoms with E-state index in [4.69, 9.17) is 5.26 Å². The number of rotatable bonds is 2. The van der Waals surface area contributed by atoms with E-state index in [0.29, 0.717) is 11.7 Å².